The highest BCUT2D eigenvalue weighted by molar-refractivity contribution is 6.06. The van der Waals surface area contributed by atoms with Crippen LogP contribution in [0.25, 0.3) is 10.8 Å². The molecule has 0 spiro atoms. The highest BCUT2D eigenvalue weighted by Gasteiger charge is 2.17. The summed E-state index contributed by atoms with van der Waals surface area (Å²) in [5, 5.41) is 5.56. The van der Waals surface area contributed by atoms with Crippen LogP contribution in [0.4, 0.5) is 0 Å². The molecule has 3 aromatic rings. The Kier molecular flexibility index (Phi) is 3.93. The van der Waals surface area contributed by atoms with E-state index in [1.54, 1.807) is 18.2 Å². The SMILES string of the molecule is Cc1ccc2ccccc2c1C(=O)O/N=C(/N)c1ccc2c(c1)OCO2. The molecule has 3 aromatic carbocycles. The van der Waals surface area contributed by atoms with Crippen LogP contribution in [0, 0.1) is 6.92 Å². The molecule has 1 heterocycles. The monoisotopic (exact) mass is 348 g/mol. The number of nitrogens with zero attached hydrogens (tertiary/aromatic N) is 1. The number of amidine groups is 1. The summed E-state index contributed by atoms with van der Waals surface area (Å²) >= 11 is 0. The van der Waals surface area contributed by atoms with Gasteiger partial charge >= 0.3 is 5.97 Å². The maximum atomic E-state index is 12.6. The van der Waals surface area contributed by atoms with E-state index in [0.717, 1.165) is 16.3 Å². The minimum Gasteiger partial charge on any atom is -0.454 e. The van der Waals surface area contributed by atoms with Gasteiger partial charge in [-0.15, -0.1) is 0 Å². The van der Waals surface area contributed by atoms with Gasteiger partial charge in [-0.1, -0.05) is 41.6 Å². The second kappa shape index (κ2) is 6.40. The van der Waals surface area contributed by atoms with Crippen LogP contribution in [0.2, 0.25) is 0 Å². The number of fused-ring (bicyclic) bond motifs is 2. The summed E-state index contributed by atoms with van der Waals surface area (Å²) in [6.07, 6.45) is 0. The normalized spacial score (nSPS) is 13.0. The summed E-state index contributed by atoms with van der Waals surface area (Å²) in [6, 6.07) is 16.6. The Bertz CT molecular complexity index is 1040. The van der Waals surface area contributed by atoms with Crippen LogP contribution in [0.1, 0.15) is 21.5 Å². The molecule has 0 aliphatic carbocycles. The lowest BCUT2D eigenvalue weighted by molar-refractivity contribution is 0.0517. The summed E-state index contributed by atoms with van der Waals surface area (Å²) in [5.41, 5.74) is 7.81. The molecule has 26 heavy (non-hydrogen) atoms. The number of oxime groups is 1. The van der Waals surface area contributed by atoms with Crippen molar-refractivity contribution in [3.8, 4) is 11.5 Å². The molecule has 0 unspecified atom stereocenters. The summed E-state index contributed by atoms with van der Waals surface area (Å²) in [4.78, 5) is 17.7. The second-order valence-corrected chi connectivity index (χ2v) is 5.90. The van der Waals surface area contributed by atoms with Crippen molar-refractivity contribution in [1.29, 1.82) is 0 Å². The van der Waals surface area contributed by atoms with E-state index in [4.69, 9.17) is 20.0 Å². The van der Waals surface area contributed by atoms with Crippen LogP contribution >= 0.6 is 0 Å². The zero-order valence-electron chi connectivity index (χ0n) is 14.1. The van der Waals surface area contributed by atoms with E-state index < -0.39 is 5.97 Å². The summed E-state index contributed by atoms with van der Waals surface area (Å²) in [5.74, 6) is 0.749. The summed E-state index contributed by atoms with van der Waals surface area (Å²) < 4.78 is 10.6. The maximum absolute atomic E-state index is 12.6. The first kappa shape index (κ1) is 16.0. The molecule has 0 saturated heterocycles. The third kappa shape index (κ3) is 2.82. The molecule has 1 aliphatic heterocycles. The molecule has 6 heteroatoms. The lowest BCUT2D eigenvalue weighted by Gasteiger charge is -2.08. The number of carbonyl (C=O) groups excluding carboxylic acids is 1. The lowest BCUT2D eigenvalue weighted by Crippen LogP contribution is -2.15. The van der Waals surface area contributed by atoms with Gasteiger partial charge in [-0.3, -0.25) is 0 Å². The molecular formula is C20H16N2O4. The first-order valence-electron chi connectivity index (χ1n) is 8.06. The first-order valence-corrected chi connectivity index (χ1v) is 8.06. The fourth-order valence-corrected chi connectivity index (χ4v) is 2.90. The van der Waals surface area contributed by atoms with Crippen molar-refractivity contribution < 1.29 is 19.1 Å². The van der Waals surface area contributed by atoms with E-state index in [2.05, 4.69) is 5.16 Å². The van der Waals surface area contributed by atoms with E-state index in [-0.39, 0.29) is 12.6 Å². The van der Waals surface area contributed by atoms with Gasteiger partial charge in [0.05, 0.1) is 5.56 Å². The fourth-order valence-electron chi connectivity index (χ4n) is 2.90. The van der Waals surface area contributed by atoms with Crippen LogP contribution in [-0.2, 0) is 4.84 Å². The summed E-state index contributed by atoms with van der Waals surface area (Å²) in [7, 11) is 0. The molecule has 0 atom stereocenters. The van der Waals surface area contributed by atoms with Gasteiger partial charge in [0.1, 0.15) is 0 Å². The number of nitrogens with two attached hydrogens (primary N) is 1. The van der Waals surface area contributed by atoms with Crippen molar-refractivity contribution in [2.45, 2.75) is 6.92 Å². The molecule has 0 radical (unpaired) electrons. The average molecular weight is 348 g/mol. The Morgan fingerprint density at radius 2 is 1.88 bits per heavy atom. The van der Waals surface area contributed by atoms with Crippen molar-refractivity contribution in [3.05, 3.63) is 71.3 Å². The minimum absolute atomic E-state index is 0.0783. The van der Waals surface area contributed by atoms with Crippen molar-refractivity contribution in [3.63, 3.8) is 0 Å². The molecule has 6 nitrogen and oxygen atoms in total. The largest absolute Gasteiger partial charge is 0.454 e. The van der Waals surface area contributed by atoms with Crippen molar-refractivity contribution in [1.82, 2.24) is 0 Å². The molecule has 0 bridgehead atoms. The Balaban J connectivity index is 1.61. The standard InChI is InChI=1S/C20H16N2O4/c1-12-6-7-13-4-2-3-5-15(13)18(12)20(23)26-22-19(21)14-8-9-16-17(10-14)25-11-24-16/h2-10H,11H2,1H3,(H2,21,22). The number of ether oxygens (including phenoxy) is 2. The molecule has 130 valence electrons. The number of carbonyl (C=O) groups is 1. The Morgan fingerprint density at radius 1 is 1.08 bits per heavy atom. The predicted octanol–water partition coefficient (Wildman–Crippen LogP) is 3.35. The topological polar surface area (TPSA) is 83.1 Å². The van der Waals surface area contributed by atoms with Crippen molar-refractivity contribution >= 4 is 22.6 Å². The zero-order chi connectivity index (χ0) is 18.1. The smallest absolute Gasteiger partial charge is 0.366 e. The van der Waals surface area contributed by atoms with E-state index in [9.17, 15) is 4.79 Å². The Morgan fingerprint density at radius 3 is 2.77 bits per heavy atom. The molecule has 2 N–H and O–H groups in total. The third-order valence-corrected chi connectivity index (χ3v) is 4.24. The van der Waals surface area contributed by atoms with Crippen molar-refractivity contribution in [2.24, 2.45) is 10.9 Å². The number of aryl methyl sites for hydroxylation is 1. The molecule has 4 rings (SSSR count). The number of rotatable bonds is 3. The average Bonchev–Trinajstić information content (AvgIpc) is 3.13. The van der Waals surface area contributed by atoms with E-state index in [1.165, 1.54) is 0 Å². The van der Waals surface area contributed by atoms with E-state index in [0.29, 0.717) is 22.6 Å². The van der Waals surface area contributed by atoms with Crippen LogP contribution in [-0.4, -0.2) is 18.6 Å². The quantitative estimate of drug-likeness (QED) is 0.340. The highest BCUT2D eigenvalue weighted by atomic mass is 16.7. The van der Waals surface area contributed by atoms with E-state index >= 15 is 0 Å². The van der Waals surface area contributed by atoms with Gasteiger partial charge in [0.25, 0.3) is 0 Å². The van der Waals surface area contributed by atoms with E-state index in [1.807, 2.05) is 43.3 Å². The van der Waals surface area contributed by atoms with Gasteiger partial charge in [0, 0.05) is 5.56 Å². The highest BCUT2D eigenvalue weighted by Crippen LogP contribution is 2.32. The van der Waals surface area contributed by atoms with Gasteiger partial charge < -0.3 is 20.0 Å². The van der Waals surface area contributed by atoms with Gasteiger partial charge in [0.15, 0.2) is 17.3 Å². The third-order valence-electron chi connectivity index (χ3n) is 4.24. The number of benzene rings is 3. The minimum atomic E-state index is -0.553. The van der Waals surface area contributed by atoms with Gasteiger partial charge in [0.2, 0.25) is 6.79 Å². The number of hydrogen-bond donors (Lipinski definition) is 1. The molecule has 0 aromatic heterocycles. The van der Waals surface area contributed by atoms with Gasteiger partial charge in [-0.05, 0) is 41.5 Å². The molecule has 0 fully saturated rings. The second-order valence-electron chi connectivity index (χ2n) is 5.90. The van der Waals surface area contributed by atoms with Gasteiger partial charge in [-0.25, -0.2) is 4.79 Å². The lowest BCUT2D eigenvalue weighted by atomic mass is 10.00. The summed E-state index contributed by atoms with van der Waals surface area (Å²) in [6.45, 7) is 2.03. The molecular weight excluding hydrogens is 332 g/mol. The molecule has 0 saturated carbocycles. The maximum Gasteiger partial charge on any atom is 0.366 e. The zero-order valence-corrected chi connectivity index (χ0v) is 14.1. The van der Waals surface area contributed by atoms with Crippen LogP contribution in [0.5, 0.6) is 11.5 Å². The van der Waals surface area contributed by atoms with Crippen LogP contribution < -0.4 is 15.2 Å². The van der Waals surface area contributed by atoms with Crippen LogP contribution in [0.15, 0.2) is 59.8 Å². The van der Waals surface area contributed by atoms with Gasteiger partial charge in [-0.2, -0.15) is 0 Å². The molecule has 1 aliphatic rings. The molecule has 0 amide bonds. The Labute approximate surface area is 149 Å². The fraction of sp³-hybridized carbons (Fsp3) is 0.100. The number of hydrogen-bond acceptors (Lipinski definition) is 5. The first-order chi connectivity index (χ1) is 12.6. The van der Waals surface area contributed by atoms with Crippen molar-refractivity contribution in [2.75, 3.05) is 6.79 Å². The predicted molar refractivity (Wildman–Crippen MR) is 97.4 cm³/mol. The van der Waals surface area contributed by atoms with Crippen LogP contribution in [0.3, 0.4) is 0 Å². The Hall–Kier alpha value is -3.54.